The second kappa shape index (κ2) is 5.35. The van der Waals surface area contributed by atoms with E-state index < -0.39 is 0 Å². The summed E-state index contributed by atoms with van der Waals surface area (Å²) in [6, 6.07) is 0.643. The number of rotatable bonds is 5. The summed E-state index contributed by atoms with van der Waals surface area (Å²) in [5, 5.41) is 6.80. The Morgan fingerprint density at radius 3 is 2.62 bits per heavy atom. The zero-order valence-electron chi connectivity index (χ0n) is 8.63. The van der Waals surface area contributed by atoms with Crippen LogP contribution in [0.15, 0.2) is 5.38 Å². The van der Waals surface area contributed by atoms with E-state index in [1.807, 2.05) is 6.92 Å². The van der Waals surface area contributed by atoms with Crippen LogP contribution in [-0.2, 0) is 6.54 Å². The minimum atomic E-state index is 0.643. The van der Waals surface area contributed by atoms with Crippen LogP contribution in [0.25, 0.3) is 0 Å². The highest BCUT2D eigenvalue weighted by Crippen LogP contribution is 2.09. The maximum atomic E-state index is 4.41. The van der Waals surface area contributed by atoms with Crippen molar-refractivity contribution in [1.29, 1.82) is 0 Å². The lowest BCUT2D eigenvalue weighted by Gasteiger charge is -2.12. The van der Waals surface area contributed by atoms with Crippen molar-refractivity contribution >= 4 is 11.3 Å². The molecule has 0 aromatic carbocycles. The lowest BCUT2D eigenvalue weighted by Crippen LogP contribution is -2.26. The van der Waals surface area contributed by atoms with Gasteiger partial charge in [0.15, 0.2) is 0 Å². The first kappa shape index (κ1) is 10.7. The van der Waals surface area contributed by atoms with E-state index >= 15 is 0 Å². The third-order valence-electron chi connectivity index (χ3n) is 2.19. The second-order valence-electron chi connectivity index (χ2n) is 3.28. The summed E-state index contributed by atoms with van der Waals surface area (Å²) in [6.07, 6.45) is 2.39. The molecule has 0 fully saturated rings. The largest absolute Gasteiger partial charge is 0.308 e. The number of aryl methyl sites for hydroxylation is 1. The predicted molar refractivity (Wildman–Crippen MR) is 58.1 cm³/mol. The summed E-state index contributed by atoms with van der Waals surface area (Å²) in [7, 11) is 0. The van der Waals surface area contributed by atoms with Crippen molar-refractivity contribution < 1.29 is 0 Å². The van der Waals surface area contributed by atoms with Gasteiger partial charge in [0.2, 0.25) is 0 Å². The van der Waals surface area contributed by atoms with Crippen LogP contribution in [0.2, 0.25) is 0 Å². The first-order valence-electron chi connectivity index (χ1n) is 4.90. The molecule has 1 rings (SSSR count). The molecular formula is C10H18N2S. The monoisotopic (exact) mass is 198 g/mol. The number of hydrogen-bond donors (Lipinski definition) is 1. The van der Waals surface area contributed by atoms with E-state index in [9.17, 15) is 0 Å². The van der Waals surface area contributed by atoms with Crippen molar-refractivity contribution in [2.75, 3.05) is 0 Å². The van der Waals surface area contributed by atoms with Crippen LogP contribution in [0.3, 0.4) is 0 Å². The van der Waals surface area contributed by atoms with Gasteiger partial charge in [0.05, 0.1) is 0 Å². The molecule has 0 aliphatic rings. The van der Waals surface area contributed by atoms with E-state index in [0.717, 1.165) is 12.2 Å². The molecule has 1 aromatic heterocycles. The van der Waals surface area contributed by atoms with Crippen molar-refractivity contribution in [2.24, 2.45) is 0 Å². The van der Waals surface area contributed by atoms with Crippen molar-refractivity contribution in [3.05, 3.63) is 16.1 Å². The maximum absolute atomic E-state index is 4.41. The molecule has 1 heterocycles. The summed E-state index contributed by atoms with van der Waals surface area (Å²) in [5.74, 6) is 0. The molecular weight excluding hydrogens is 180 g/mol. The number of nitrogens with zero attached hydrogens (tertiary/aromatic N) is 1. The highest BCUT2D eigenvalue weighted by Gasteiger charge is 2.03. The number of hydrogen-bond acceptors (Lipinski definition) is 3. The highest BCUT2D eigenvalue weighted by atomic mass is 32.1. The van der Waals surface area contributed by atoms with Crippen LogP contribution in [0, 0.1) is 6.92 Å². The molecule has 0 radical (unpaired) electrons. The van der Waals surface area contributed by atoms with Gasteiger partial charge < -0.3 is 5.32 Å². The van der Waals surface area contributed by atoms with E-state index in [1.54, 1.807) is 11.3 Å². The molecule has 0 atom stereocenters. The van der Waals surface area contributed by atoms with Gasteiger partial charge in [-0.05, 0) is 19.8 Å². The quantitative estimate of drug-likeness (QED) is 0.787. The van der Waals surface area contributed by atoms with Gasteiger partial charge >= 0.3 is 0 Å². The smallest absolute Gasteiger partial charge is 0.107 e. The molecule has 0 aliphatic heterocycles. The van der Waals surface area contributed by atoms with E-state index in [2.05, 4.69) is 29.5 Å². The SMILES string of the molecule is CCC(CC)NCc1nc(C)cs1. The summed E-state index contributed by atoms with van der Waals surface area (Å²) >= 11 is 1.74. The summed E-state index contributed by atoms with van der Waals surface area (Å²) < 4.78 is 0. The minimum absolute atomic E-state index is 0.643. The van der Waals surface area contributed by atoms with Crippen molar-refractivity contribution in [3.8, 4) is 0 Å². The zero-order valence-corrected chi connectivity index (χ0v) is 9.45. The van der Waals surface area contributed by atoms with Gasteiger partial charge in [-0.2, -0.15) is 0 Å². The Kier molecular flexibility index (Phi) is 4.39. The average molecular weight is 198 g/mol. The van der Waals surface area contributed by atoms with Crippen LogP contribution in [0.4, 0.5) is 0 Å². The zero-order chi connectivity index (χ0) is 9.68. The van der Waals surface area contributed by atoms with E-state index in [0.29, 0.717) is 6.04 Å². The van der Waals surface area contributed by atoms with Crippen LogP contribution in [0.5, 0.6) is 0 Å². The molecule has 0 unspecified atom stereocenters. The lowest BCUT2D eigenvalue weighted by molar-refractivity contribution is 0.483. The normalized spacial score (nSPS) is 11.1. The molecule has 13 heavy (non-hydrogen) atoms. The van der Waals surface area contributed by atoms with E-state index in [1.165, 1.54) is 17.8 Å². The number of thiazole rings is 1. The Balaban J connectivity index is 2.33. The lowest BCUT2D eigenvalue weighted by atomic mass is 10.2. The van der Waals surface area contributed by atoms with Crippen LogP contribution in [0.1, 0.15) is 37.4 Å². The first-order valence-corrected chi connectivity index (χ1v) is 5.78. The van der Waals surface area contributed by atoms with Crippen LogP contribution < -0.4 is 5.32 Å². The maximum Gasteiger partial charge on any atom is 0.107 e. The van der Waals surface area contributed by atoms with E-state index in [4.69, 9.17) is 0 Å². The van der Waals surface area contributed by atoms with Gasteiger partial charge in [-0.15, -0.1) is 11.3 Å². The van der Waals surface area contributed by atoms with Crippen molar-refractivity contribution in [1.82, 2.24) is 10.3 Å². The molecule has 74 valence electrons. The molecule has 0 bridgehead atoms. The minimum Gasteiger partial charge on any atom is -0.308 e. The molecule has 0 aliphatic carbocycles. The Bertz CT molecular complexity index is 241. The third-order valence-corrected chi connectivity index (χ3v) is 3.16. The Morgan fingerprint density at radius 2 is 2.15 bits per heavy atom. The second-order valence-corrected chi connectivity index (χ2v) is 4.22. The highest BCUT2D eigenvalue weighted by molar-refractivity contribution is 7.09. The molecule has 1 aromatic rings. The molecule has 0 saturated carbocycles. The average Bonchev–Trinajstić information content (AvgIpc) is 2.53. The standard InChI is InChI=1S/C10H18N2S/c1-4-9(5-2)11-6-10-12-8(3)7-13-10/h7,9,11H,4-6H2,1-3H3. The molecule has 1 N–H and O–H groups in total. The summed E-state index contributed by atoms with van der Waals surface area (Å²) in [5.41, 5.74) is 1.13. The van der Waals surface area contributed by atoms with Gasteiger partial charge in [0.25, 0.3) is 0 Å². The summed E-state index contributed by atoms with van der Waals surface area (Å²) in [6.45, 7) is 7.39. The van der Waals surface area contributed by atoms with Crippen molar-refractivity contribution in [3.63, 3.8) is 0 Å². The van der Waals surface area contributed by atoms with Crippen LogP contribution in [-0.4, -0.2) is 11.0 Å². The molecule has 0 amide bonds. The van der Waals surface area contributed by atoms with Crippen molar-refractivity contribution in [2.45, 2.75) is 46.2 Å². The Morgan fingerprint density at radius 1 is 1.46 bits per heavy atom. The molecule has 0 spiro atoms. The summed E-state index contributed by atoms with van der Waals surface area (Å²) in [4.78, 5) is 4.41. The fraction of sp³-hybridized carbons (Fsp3) is 0.700. The fourth-order valence-corrected chi connectivity index (χ4v) is 2.02. The predicted octanol–water partition coefficient (Wildman–Crippen LogP) is 2.73. The first-order chi connectivity index (χ1) is 6.26. The Hall–Kier alpha value is -0.410. The number of aromatic nitrogens is 1. The van der Waals surface area contributed by atoms with Gasteiger partial charge in [-0.1, -0.05) is 13.8 Å². The van der Waals surface area contributed by atoms with Gasteiger partial charge in [0, 0.05) is 23.7 Å². The molecule has 0 saturated heterocycles. The van der Waals surface area contributed by atoms with Gasteiger partial charge in [-0.25, -0.2) is 4.98 Å². The van der Waals surface area contributed by atoms with Gasteiger partial charge in [-0.3, -0.25) is 0 Å². The van der Waals surface area contributed by atoms with Gasteiger partial charge in [0.1, 0.15) is 5.01 Å². The fourth-order valence-electron chi connectivity index (χ4n) is 1.29. The molecule has 2 nitrogen and oxygen atoms in total. The number of nitrogens with one attached hydrogen (secondary N) is 1. The molecule has 3 heteroatoms. The topological polar surface area (TPSA) is 24.9 Å². The van der Waals surface area contributed by atoms with E-state index in [-0.39, 0.29) is 0 Å². The Labute approximate surface area is 84.4 Å². The third kappa shape index (κ3) is 3.44. The van der Waals surface area contributed by atoms with Crippen LogP contribution >= 0.6 is 11.3 Å².